The zero-order chi connectivity index (χ0) is 9.80. The van der Waals surface area contributed by atoms with Gasteiger partial charge in [-0.1, -0.05) is 0 Å². The summed E-state index contributed by atoms with van der Waals surface area (Å²) in [5.74, 6) is 0.529. The van der Waals surface area contributed by atoms with Gasteiger partial charge in [0.2, 0.25) is 5.88 Å². The zero-order valence-electron chi connectivity index (χ0n) is 8.06. The van der Waals surface area contributed by atoms with E-state index in [0.717, 1.165) is 19.5 Å². The Labute approximate surface area is 82.5 Å². The van der Waals surface area contributed by atoms with E-state index in [1.165, 1.54) is 0 Å². The highest BCUT2D eigenvalue weighted by molar-refractivity contribution is 5.11. The second kappa shape index (κ2) is 4.23. The highest BCUT2D eigenvalue weighted by Crippen LogP contribution is 2.12. The molecule has 1 unspecified atom stereocenters. The van der Waals surface area contributed by atoms with Crippen LogP contribution in [-0.4, -0.2) is 36.3 Å². The first-order valence-corrected chi connectivity index (χ1v) is 4.63. The Kier molecular flexibility index (Phi) is 2.78. The minimum Gasteiger partial charge on any atom is -0.481 e. The Balaban J connectivity index is 2.00. The van der Waals surface area contributed by atoms with Gasteiger partial charge >= 0.3 is 6.01 Å². The van der Waals surface area contributed by atoms with Crippen LogP contribution in [0, 0.1) is 0 Å². The number of nitrogens with zero attached hydrogens (tertiary/aromatic N) is 2. The summed E-state index contributed by atoms with van der Waals surface area (Å²) in [5, 5.41) is 3.21. The lowest BCUT2D eigenvalue weighted by Crippen LogP contribution is -2.20. The van der Waals surface area contributed by atoms with Crippen LogP contribution < -0.4 is 14.8 Å². The highest BCUT2D eigenvalue weighted by atomic mass is 16.5. The monoisotopic (exact) mass is 195 g/mol. The van der Waals surface area contributed by atoms with Crippen LogP contribution in [0.2, 0.25) is 0 Å². The predicted octanol–water partition coefficient (Wildman–Crippen LogP) is 0.226. The van der Waals surface area contributed by atoms with E-state index in [-0.39, 0.29) is 6.10 Å². The number of hydrogen-bond donors (Lipinski definition) is 1. The molecule has 0 aliphatic carbocycles. The molecule has 1 aromatic rings. The minimum atomic E-state index is 0.183. The molecular formula is C9H13N3O2. The maximum Gasteiger partial charge on any atom is 0.319 e. The van der Waals surface area contributed by atoms with E-state index in [2.05, 4.69) is 15.3 Å². The SMILES string of the molecule is COc1ccnc(OC2CCNC2)n1. The minimum absolute atomic E-state index is 0.183. The Hall–Kier alpha value is -1.36. The van der Waals surface area contributed by atoms with Crippen molar-refractivity contribution < 1.29 is 9.47 Å². The lowest BCUT2D eigenvalue weighted by atomic mass is 10.3. The van der Waals surface area contributed by atoms with Gasteiger partial charge in [0.05, 0.1) is 7.11 Å². The number of nitrogens with one attached hydrogen (secondary N) is 1. The zero-order valence-corrected chi connectivity index (χ0v) is 8.06. The van der Waals surface area contributed by atoms with Crippen molar-refractivity contribution in [2.24, 2.45) is 0 Å². The van der Waals surface area contributed by atoms with Crippen LogP contribution in [-0.2, 0) is 0 Å². The fourth-order valence-corrected chi connectivity index (χ4v) is 1.37. The van der Waals surface area contributed by atoms with Gasteiger partial charge in [-0.3, -0.25) is 0 Å². The van der Waals surface area contributed by atoms with Crippen LogP contribution in [0.25, 0.3) is 0 Å². The van der Waals surface area contributed by atoms with Crippen molar-refractivity contribution in [1.82, 2.24) is 15.3 Å². The van der Waals surface area contributed by atoms with Crippen molar-refractivity contribution in [3.63, 3.8) is 0 Å². The summed E-state index contributed by atoms with van der Waals surface area (Å²) < 4.78 is 10.5. The first-order chi connectivity index (χ1) is 6.88. The van der Waals surface area contributed by atoms with Crippen molar-refractivity contribution in [2.45, 2.75) is 12.5 Å². The summed E-state index contributed by atoms with van der Waals surface area (Å²) in [4.78, 5) is 8.08. The van der Waals surface area contributed by atoms with Crippen molar-refractivity contribution >= 4 is 0 Å². The molecule has 0 radical (unpaired) electrons. The molecule has 2 heterocycles. The lowest BCUT2D eigenvalue weighted by molar-refractivity contribution is 0.201. The van der Waals surface area contributed by atoms with Crippen molar-refractivity contribution in [3.05, 3.63) is 12.3 Å². The molecule has 0 amide bonds. The number of hydrogen-bond acceptors (Lipinski definition) is 5. The van der Waals surface area contributed by atoms with Gasteiger partial charge < -0.3 is 14.8 Å². The summed E-state index contributed by atoms with van der Waals surface area (Å²) >= 11 is 0. The average molecular weight is 195 g/mol. The molecule has 5 heteroatoms. The van der Waals surface area contributed by atoms with Gasteiger partial charge in [-0.2, -0.15) is 4.98 Å². The van der Waals surface area contributed by atoms with E-state index < -0.39 is 0 Å². The molecule has 1 saturated heterocycles. The summed E-state index contributed by atoms with van der Waals surface area (Å²) in [6.45, 7) is 1.86. The van der Waals surface area contributed by atoms with Crippen LogP contribution in [0.1, 0.15) is 6.42 Å². The first-order valence-electron chi connectivity index (χ1n) is 4.63. The lowest BCUT2D eigenvalue weighted by Gasteiger charge is -2.10. The van der Waals surface area contributed by atoms with Crippen LogP contribution in [0.3, 0.4) is 0 Å². The average Bonchev–Trinajstić information content (AvgIpc) is 2.71. The largest absolute Gasteiger partial charge is 0.481 e. The van der Waals surface area contributed by atoms with Gasteiger partial charge in [0.25, 0.3) is 0 Å². The van der Waals surface area contributed by atoms with Gasteiger partial charge in [-0.15, -0.1) is 0 Å². The van der Waals surface area contributed by atoms with Gasteiger partial charge in [0, 0.05) is 18.8 Å². The van der Waals surface area contributed by atoms with Crippen LogP contribution in [0.15, 0.2) is 12.3 Å². The quantitative estimate of drug-likeness (QED) is 0.748. The normalized spacial score (nSPS) is 20.8. The smallest absolute Gasteiger partial charge is 0.319 e. The molecule has 1 aliphatic heterocycles. The predicted molar refractivity (Wildman–Crippen MR) is 50.5 cm³/mol. The first kappa shape index (κ1) is 9.21. The third-order valence-electron chi connectivity index (χ3n) is 2.10. The van der Waals surface area contributed by atoms with E-state index in [9.17, 15) is 0 Å². The third kappa shape index (κ3) is 2.11. The third-order valence-corrected chi connectivity index (χ3v) is 2.10. The molecule has 0 spiro atoms. The molecule has 1 fully saturated rings. The second-order valence-corrected chi connectivity index (χ2v) is 3.11. The molecule has 1 aliphatic rings. The molecule has 1 aromatic heterocycles. The number of methoxy groups -OCH3 is 1. The molecule has 0 aromatic carbocycles. The van der Waals surface area contributed by atoms with E-state index in [0.29, 0.717) is 11.9 Å². The number of ether oxygens (including phenoxy) is 2. The summed E-state index contributed by atoms with van der Waals surface area (Å²) in [7, 11) is 1.57. The molecule has 1 N–H and O–H groups in total. The Morgan fingerprint density at radius 3 is 3.21 bits per heavy atom. The number of rotatable bonds is 3. The van der Waals surface area contributed by atoms with E-state index in [1.54, 1.807) is 19.4 Å². The van der Waals surface area contributed by atoms with Crippen molar-refractivity contribution in [2.75, 3.05) is 20.2 Å². The molecule has 76 valence electrons. The van der Waals surface area contributed by atoms with Crippen LogP contribution in [0.4, 0.5) is 0 Å². The fraction of sp³-hybridized carbons (Fsp3) is 0.556. The standard InChI is InChI=1S/C9H13N3O2/c1-13-8-3-5-11-9(12-8)14-7-2-4-10-6-7/h3,5,7,10H,2,4,6H2,1H3. The van der Waals surface area contributed by atoms with E-state index >= 15 is 0 Å². The maximum atomic E-state index is 5.55. The second-order valence-electron chi connectivity index (χ2n) is 3.11. The van der Waals surface area contributed by atoms with Crippen molar-refractivity contribution in [1.29, 1.82) is 0 Å². The Bertz CT molecular complexity index is 300. The molecular weight excluding hydrogens is 182 g/mol. The number of aromatic nitrogens is 2. The van der Waals surface area contributed by atoms with Crippen molar-refractivity contribution in [3.8, 4) is 11.9 Å². The fourth-order valence-electron chi connectivity index (χ4n) is 1.37. The van der Waals surface area contributed by atoms with E-state index in [4.69, 9.17) is 9.47 Å². The van der Waals surface area contributed by atoms with Gasteiger partial charge in [-0.05, 0) is 13.0 Å². The summed E-state index contributed by atoms with van der Waals surface area (Å²) in [6.07, 6.45) is 2.81. The Morgan fingerprint density at radius 2 is 2.50 bits per heavy atom. The molecule has 5 nitrogen and oxygen atoms in total. The molecule has 0 bridgehead atoms. The maximum absolute atomic E-state index is 5.55. The molecule has 2 rings (SSSR count). The van der Waals surface area contributed by atoms with Crippen LogP contribution >= 0.6 is 0 Å². The topological polar surface area (TPSA) is 56.3 Å². The summed E-state index contributed by atoms with van der Waals surface area (Å²) in [5.41, 5.74) is 0. The summed E-state index contributed by atoms with van der Waals surface area (Å²) in [6, 6.07) is 2.08. The molecule has 0 saturated carbocycles. The van der Waals surface area contributed by atoms with E-state index in [1.807, 2.05) is 0 Å². The van der Waals surface area contributed by atoms with Gasteiger partial charge in [-0.25, -0.2) is 4.98 Å². The molecule has 1 atom stereocenters. The van der Waals surface area contributed by atoms with Crippen LogP contribution in [0.5, 0.6) is 11.9 Å². The van der Waals surface area contributed by atoms with Gasteiger partial charge in [0.1, 0.15) is 6.10 Å². The van der Waals surface area contributed by atoms with Gasteiger partial charge in [0.15, 0.2) is 0 Å². The highest BCUT2D eigenvalue weighted by Gasteiger charge is 2.17. The molecule has 14 heavy (non-hydrogen) atoms. The Morgan fingerprint density at radius 1 is 1.57 bits per heavy atom.